The maximum Gasteiger partial charge on any atom is 0.103 e. The molecule has 1 aliphatic heterocycles. The van der Waals surface area contributed by atoms with Crippen LogP contribution in [0.15, 0.2) is 0 Å². The van der Waals surface area contributed by atoms with Crippen LogP contribution in [0.4, 0.5) is 0 Å². The van der Waals surface area contributed by atoms with E-state index in [1.807, 2.05) is 14.0 Å². The van der Waals surface area contributed by atoms with Crippen LogP contribution in [-0.2, 0) is 0 Å². The molecule has 0 saturated carbocycles. The monoisotopic (exact) mass is 237 g/mol. The SMILES string of the molecule is CNC(C)(C#N)CCCCN1CCCC(C)C1. The molecule has 1 N–H and O–H groups in total. The number of rotatable bonds is 6. The number of nitrogens with one attached hydrogen (secondary N) is 1. The number of piperidine rings is 1. The standard InChI is InChI=1S/C14H27N3/c1-13-7-6-10-17(11-13)9-5-4-8-14(2,12-15)16-3/h13,16H,4-11H2,1-3H3. The van der Waals surface area contributed by atoms with Crippen molar-refractivity contribution in [3.05, 3.63) is 0 Å². The lowest BCUT2D eigenvalue weighted by molar-refractivity contribution is 0.179. The van der Waals surface area contributed by atoms with E-state index in [2.05, 4.69) is 23.2 Å². The van der Waals surface area contributed by atoms with Gasteiger partial charge in [-0.3, -0.25) is 0 Å². The number of hydrogen-bond donors (Lipinski definition) is 1. The molecular formula is C14H27N3. The first-order chi connectivity index (χ1) is 8.09. The van der Waals surface area contributed by atoms with Crippen molar-refractivity contribution in [1.29, 1.82) is 5.26 Å². The Bertz CT molecular complexity index is 259. The predicted octanol–water partition coefficient (Wildman–Crippen LogP) is 2.39. The first-order valence-electron chi connectivity index (χ1n) is 6.92. The minimum atomic E-state index is -0.338. The highest BCUT2D eigenvalue weighted by Gasteiger charge is 2.20. The molecule has 2 atom stereocenters. The third kappa shape index (κ3) is 5.06. The van der Waals surface area contributed by atoms with E-state index >= 15 is 0 Å². The van der Waals surface area contributed by atoms with Crippen LogP contribution in [0.2, 0.25) is 0 Å². The smallest absolute Gasteiger partial charge is 0.103 e. The molecule has 0 amide bonds. The highest BCUT2D eigenvalue weighted by Crippen LogP contribution is 2.17. The topological polar surface area (TPSA) is 39.1 Å². The third-order valence-electron chi connectivity index (χ3n) is 3.94. The van der Waals surface area contributed by atoms with Crippen molar-refractivity contribution in [3.8, 4) is 6.07 Å². The lowest BCUT2D eigenvalue weighted by Crippen LogP contribution is -2.38. The summed E-state index contributed by atoms with van der Waals surface area (Å²) in [4.78, 5) is 2.58. The normalized spacial score (nSPS) is 25.2. The molecule has 98 valence electrons. The third-order valence-corrected chi connectivity index (χ3v) is 3.94. The summed E-state index contributed by atoms with van der Waals surface area (Å²) in [5.74, 6) is 0.866. The summed E-state index contributed by atoms with van der Waals surface area (Å²) in [6.07, 6.45) is 6.04. The second-order valence-corrected chi connectivity index (χ2v) is 5.70. The van der Waals surface area contributed by atoms with Crippen LogP contribution >= 0.6 is 0 Å². The van der Waals surface area contributed by atoms with Crippen LogP contribution in [0.5, 0.6) is 0 Å². The van der Waals surface area contributed by atoms with Crippen molar-refractivity contribution in [1.82, 2.24) is 10.2 Å². The molecule has 0 aromatic heterocycles. The van der Waals surface area contributed by atoms with Gasteiger partial charge in [-0.2, -0.15) is 5.26 Å². The maximum absolute atomic E-state index is 9.05. The van der Waals surface area contributed by atoms with Crippen LogP contribution in [-0.4, -0.2) is 37.1 Å². The zero-order valence-corrected chi connectivity index (χ0v) is 11.6. The molecule has 0 radical (unpaired) electrons. The van der Waals surface area contributed by atoms with Gasteiger partial charge in [0, 0.05) is 6.54 Å². The molecular weight excluding hydrogens is 210 g/mol. The van der Waals surface area contributed by atoms with Crippen molar-refractivity contribution in [2.45, 2.75) is 51.5 Å². The van der Waals surface area contributed by atoms with E-state index in [4.69, 9.17) is 5.26 Å². The first kappa shape index (κ1) is 14.5. The van der Waals surface area contributed by atoms with Crippen molar-refractivity contribution >= 4 is 0 Å². The van der Waals surface area contributed by atoms with Gasteiger partial charge in [-0.25, -0.2) is 0 Å². The molecule has 3 nitrogen and oxygen atoms in total. The van der Waals surface area contributed by atoms with Gasteiger partial charge in [-0.15, -0.1) is 0 Å². The number of nitrogens with zero attached hydrogens (tertiary/aromatic N) is 2. The Morgan fingerprint density at radius 3 is 2.82 bits per heavy atom. The lowest BCUT2D eigenvalue weighted by Gasteiger charge is -2.31. The Kier molecular flexibility index (Phi) is 5.94. The van der Waals surface area contributed by atoms with Crippen LogP contribution < -0.4 is 5.32 Å². The highest BCUT2D eigenvalue weighted by atomic mass is 15.1. The summed E-state index contributed by atoms with van der Waals surface area (Å²) in [7, 11) is 1.87. The summed E-state index contributed by atoms with van der Waals surface area (Å²) >= 11 is 0. The van der Waals surface area contributed by atoms with Crippen molar-refractivity contribution < 1.29 is 0 Å². The molecule has 1 heterocycles. The molecule has 0 aliphatic carbocycles. The van der Waals surface area contributed by atoms with Gasteiger partial charge in [-0.1, -0.05) is 6.92 Å². The molecule has 17 heavy (non-hydrogen) atoms. The van der Waals surface area contributed by atoms with Crippen molar-refractivity contribution in [2.75, 3.05) is 26.7 Å². The van der Waals surface area contributed by atoms with Gasteiger partial charge >= 0.3 is 0 Å². The summed E-state index contributed by atoms with van der Waals surface area (Å²) in [6.45, 7) is 8.07. The molecule has 2 unspecified atom stereocenters. The Morgan fingerprint density at radius 2 is 2.24 bits per heavy atom. The summed E-state index contributed by atoms with van der Waals surface area (Å²) in [6, 6.07) is 2.35. The molecule has 3 heteroatoms. The minimum Gasteiger partial charge on any atom is -0.303 e. The van der Waals surface area contributed by atoms with Gasteiger partial charge in [0.25, 0.3) is 0 Å². The van der Waals surface area contributed by atoms with E-state index in [0.717, 1.165) is 18.8 Å². The van der Waals surface area contributed by atoms with Crippen LogP contribution in [0.25, 0.3) is 0 Å². The Balaban J connectivity index is 2.14. The van der Waals surface area contributed by atoms with E-state index in [1.54, 1.807) is 0 Å². The van der Waals surface area contributed by atoms with Gasteiger partial charge in [0.05, 0.1) is 6.07 Å². The fraction of sp³-hybridized carbons (Fsp3) is 0.929. The van der Waals surface area contributed by atoms with E-state index in [1.165, 1.54) is 38.9 Å². The fourth-order valence-corrected chi connectivity index (χ4v) is 2.54. The highest BCUT2D eigenvalue weighted by molar-refractivity contribution is 5.02. The summed E-state index contributed by atoms with van der Waals surface area (Å²) in [5.41, 5.74) is -0.338. The summed E-state index contributed by atoms with van der Waals surface area (Å²) < 4.78 is 0. The molecule has 0 aromatic rings. The number of nitriles is 1. The van der Waals surface area contributed by atoms with E-state index in [9.17, 15) is 0 Å². The Morgan fingerprint density at radius 1 is 1.47 bits per heavy atom. The molecule has 1 rings (SSSR count). The minimum absolute atomic E-state index is 0.338. The van der Waals surface area contributed by atoms with E-state index in [0.29, 0.717) is 0 Å². The Labute approximate surface area is 106 Å². The van der Waals surface area contributed by atoms with Crippen LogP contribution in [0.3, 0.4) is 0 Å². The number of hydrogen-bond acceptors (Lipinski definition) is 3. The Hall–Kier alpha value is -0.590. The second kappa shape index (κ2) is 6.98. The molecule has 0 spiro atoms. The summed E-state index contributed by atoms with van der Waals surface area (Å²) in [5, 5.41) is 12.1. The van der Waals surface area contributed by atoms with Gasteiger partial charge in [0.1, 0.15) is 5.54 Å². The van der Waals surface area contributed by atoms with Gasteiger partial charge < -0.3 is 10.2 Å². The molecule has 1 fully saturated rings. The average Bonchev–Trinajstić information content (AvgIpc) is 2.34. The molecule has 0 aromatic carbocycles. The van der Waals surface area contributed by atoms with E-state index in [-0.39, 0.29) is 5.54 Å². The molecule has 1 aliphatic rings. The maximum atomic E-state index is 9.05. The van der Waals surface area contributed by atoms with Gasteiger partial charge in [-0.05, 0) is 65.1 Å². The number of unbranched alkanes of at least 4 members (excludes halogenated alkanes) is 1. The van der Waals surface area contributed by atoms with Crippen molar-refractivity contribution in [2.24, 2.45) is 5.92 Å². The van der Waals surface area contributed by atoms with Crippen LogP contribution in [0, 0.1) is 17.2 Å². The molecule has 1 saturated heterocycles. The lowest BCUT2D eigenvalue weighted by atomic mass is 9.96. The predicted molar refractivity (Wildman–Crippen MR) is 71.8 cm³/mol. The number of likely N-dealkylation sites (tertiary alicyclic amines) is 1. The quantitative estimate of drug-likeness (QED) is 0.721. The first-order valence-corrected chi connectivity index (χ1v) is 6.92. The largest absolute Gasteiger partial charge is 0.303 e. The van der Waals surface area contributed by atoms with Crippen LogP contribution in [0.1, 0.15) is 46.0 Å². The van der Waals surface area contributed by atoms with Gasteiger partial charge in [0.2, 0.25) is 0 Å². The zero-order chi connectivity index (χ0) is 12.7. The zero-order valence-electron chi connectivity index (χ0n) is 11.6. The average molecular weight is 237 g/mol. The molecule has 0 bridgehead atoms. The van der Waals surface area contributed by atoms with Gasteiger partial charge in [0.15, 0.2) is 0 Å². The van der Waals surface area contributed by atoms with E-state index < -0.39 is 0 Å². The fourth-order valence-electron chi connectivity index (χ4n) is 2.54. The second-order valence-electron chi connectivity index (χ2n) is 5.70. The van der Waals surface area contributed by atoms with Crippen molar-refractivity contribution in [3.63, 3.8) is 0 Å².